The molecular weight excluding hydrogens is 490 g/mol. The van der Waals surface area contributed by atoms with Gasteiger partial charge in [0.15, 0.2) is 0 Å². The number of methoxy groups -OCH3 is 1. The lowest BCUT2D eigenvalue weighted by molar-refractivity contribution is 0.0602. The molecule has 2 amide bonds. The van der Waals surface area contributed by atoms with Gasteiger partial charge in [0, 0.05) is 11.8 Å². The van der Waals surface area contributed by atoms with E-state index in [9.17, 15) is 9.59 Å². The summed E-state index contributed by atoms with van der Waals surface area (Å²) in [5.41, 5.74) is 5.27. The zero-order valence-electron chi connectivity index (χ0n) is 21.6. The van der Waals surface area contributed by atoms with Crippen molar-refractivity contribution in [1.29, 1.82) is 0 Å². The standard InChI is InChI=1S/C31H27N5O3/c1-21-25-20-35(31(38)32-26-17-10-9-16-24(26)30(37)39-2)28(22-12-5-3-6-13-22)27-18-11-19-34(27)29(25)36(33-21)23-14-7-4-8-15-23/h3-19,28H,20H2,1-2H3,(H,32,38)/t28-/m1/s1. The molecule has 0 unspecified atom stereocenters. The maximum atomic E-state index is 14.1. The fourth-order valence-corrected chi connectivity index (χ4v) is 5.20. The number of aromatic nitrogens is 3. The van der Waals surface area contributed by atoms with E-state index in [-0.39, 0.29) is 11.6 Å². The normalized spacial score (nSPS) is 14.2. The van der Waals surface area contributed by atoms with E-state index in [2.05, 4.69) is 9.88 Å². The molecule has 1 aliphatic heterocycles. The Bertz CT molecular complexity index is 1660. The van der Waals surface area contributed by atoms with E-state index in [0.29, 0.717) is 12.2 Å². The second-order valence-corrected chi connectivity index (χ2v) is 9.35. The Hall–Kier alpha value is -5.11. The minimum atomic E-state index is -0.516. The van der Waals surface area contributed by atoms with Crippen molar-refractivity contribution in [2.24, 2.45) is 0 Å². The molecule has 0 saturated heterocycles. The van der Waals surface area contributed by atoms with Gasteiger partial charge in [-0.05, 0) is 48.9 Å². The van der Waals surface area contributed by atoms with Crippen molar-refractivity contribution in [2.75, 3.05) is 12.4 Å². The molecule has 194 valence electrons. The summed E-state index contributed by atoms with van der Waals surface area (Å²) in [5, 5.41) is 7.87. The maximum Gasteiger partial charge on any atom is 0.339 e. The third kappa shape index (κ3) is 4.25. The number of amides is 2. The Morgan fingerprint density at radius 3 is 2.33 bits per heavy atom. The number of carbonyl (C=O) groups excluding carboxylic acids is 2. The van der Waals surface area contributed by atoms with Gasteiger partial charge in [0.1, 0.15) is 5.82 Å². The number of aryl methyl sites for hydroxylation is 1. The number of fused-ring (bicyclic) bond motifs is 3. The van der Waals surface area contributed by atoms with Gasteiger partial charge in [-0.25, -0.2) is 14.3 Å². The highest BCUT2D eigenvalue weighted by atomic mass is 16.5. The molecule has 3 aromatic carbocycles. The Kier molecular flexibility index (Phi) is 6.20. The van der Waals surface area contributed by atoms with Crippen LogP contribution < -0.4 is 5.32 Å². The number of rotatable bonds is 4. The molecule has 0 aliphatic carbocycles. The molecule has 0 spiro atoms. The molecule has 5 aromatic rings. The zero-order chi connectivity index (χ0) is 26.9. The summed E-state index contributed by atoms with van der Waals surface area (Å²) in [5.74, 6) is 0.377. The van der Waals surface area contributed by atoms with Crippen LogP contribution in [-0.2, 0) is 11.3 Å². The highest BCUT2D eigenvalue weighted by Gasteiger charge is 2.36. The van der Waals surface area contributed by atoms with Crippen LogP contribution in [0.1, 0.15) is 38.9 Å². The summed E-state index contributed by atoms with van der Waals surface area (Å²) < 4.78 is 8.99. The lowest BCUT2D eigenvalue weighted by Crippen LogP contribution is -2.38. The fraction of sp³-hybridized carbons (Fsp3) is 0.129. The highest BCUT2D eigenvalue weighted by molar-refractivity contribution is 6.01. The third-order valence-corrected chi connectivity index (χ3v) is 7.04. The van der Waals surface area contributed by atoms with Crippen LogP contribution in [0.25, 0.3) is 11.5 Å². The van der Waals surface area contributed by atoms with E-state index in [4.69, 9.17) is 9.84 Å². The quantitative estimate of drug-likeness (QED) is 0.301. The lowest BCUT2D eigenvalue weighted by atomic mass is 10.0. The molecule has 0 saturated carbocycles. The van der Waals surface area contributed by atoms with Gasteiger partial charge < -0.3 is 19.5 Å². The van der Waals surface area contributed by atoms with Gasteiger partial charge in [-0.1, -0.05) is 60.7 Å². The van der Waals surface area contributed by atoms with Crippen molar-refractivity contribution in [3.05, 3.63) is 131 Å². The van der Waals surface area contributed by atoms with Gasteiger partial charge in [0.05, 0.1) is 48.0 Å². The van der Waals surface area contributed by atoms with Crippen molar-refractivity contribution in [3.63, 3.8) is 0 Å². The molecule has 3 heterocycles. The van der Waals surface area contributed by atoms with Crippen LogP contribution in [0.3, 0.4) is 0 Å². The molecule has 8 heteroatoms. The number of esters is 1. The third-order valence-electron chi connectivity index (χ3n) is 7.04. The van der Waals surface area contributed by atoms with E-state index in [0.717, 1.165) is 34.0 Å². The second kappa shape index (κ2) is 9.98. The first-order chi connectivity index (χ1) is 19.1. The van der Waals surface area contributed by atoms with Crippen molar-refractivity contribution in [1.82, 2.24) is 19.2 Å². The Labute approximate surface area is 226 Å². The monoisotopic (exact) mass is 517 g/mol. The Morgan fingerprint density at radius 2 is 1.59 bits per heavy atom. The number of nitrogens with one attached hydrogen (secondary N) is 1. The van der Waals surface area contributed by atoms with Gasteiger partial charge in [0.2, 0.25) is 0 Å². The molecule has 1 N–H and O–H groups in total. The van der Waals surface area contributed by atoms with Gasteiger partial charge in [-0.3, -0.25) is 0 Å². The average molecular weight is 518 g/mol. The number of hydrogen-bond donors (Lipinski definition) is 1. The molecule has 0 bridgehead atoms. The number of para-hydroxylation sites is 2. The van der Waals surface area contributed by atoms with Gasteiger partial charge >= 0.3 is 12.0 Å². The topological polar surface area (TPSA) is 81.4 Å². The first kappa shape index (κ1) is 24.2. The number of carbonyl (C=O) groups is 2. The van der Waals surface area contributed by atoms with E-state index in [1.807, 2.05) is 90.6 Å². The summed E-state index contributed by atoms with van der Waals surface area (Å²) in [7, 11) is 1.32. The number of benzene rings is 3. The number of anilines is 1. The predicted molar refractivity (Wildman–Crippen MR) is 148 cm³/mol. The molecule has 8 nitrogen and oxygen atoms in total. The number of ether oxygens (including phenoxy) is 1. The highest BCUT2D eigenvalue weighted by Crippen LogP contribution is 2.38. The molecule has 6 rings (SSSR count). The van der Waals surface area contributed by atoms with Crippen molar-refractivity contribution >= 4 is 17.7 Å². The van der Waals surface area contributed by atoms with Gasteiger partial charge in [-0.15, -0.1) is 0 Å². The Morgan fingerprint density at radius 1 is 0.897 bits per heavy atom. The maximum absolute atomic E-state index is 14.1. The summed E-state index contributed by atoms with van der Waals surface area (Å²) in [6.07, 6.45) is 2.01. The van der Waals surface area contributed by atoms with Crippen LogP contribution in [0.2, 0.25) is 0 Å². The summed E-state index contributed by atoms with van der Waals surface area (Å²) in [4.78, 5) is 28.3. The van der Waals surface area contributed by atoms with E-state index < -0.39 is 12.0 Å². The van der Waals surface area contributed by atoms with Crippen LogP contribution in [-0.4, -0.2) is 38.4 Å². The van der Waals surface area contributed by atoms with Crippen molar-refractivity contribution < 1.29 is 14.3 Å². The van der Waals surface area contributed by atoms with Crippen LogP contribution in [0.15, 0.2) is 103 Å². The van der Waals surface area contributed by atoms with Crippen LogP contribution >= 0.6 is 0 Å². The Balaban J connectivity index is 1.51. The zero-order valence-corrected chi connectivity index (χ0v) is 21.6. The summed E-state index contributed by atoms with van der Waals surface area (Å²) in [6.45, 7) is 2.27. The minimum absolute atomic E-state index is 0.288. The fourth-order valence-electron chi connectivity index (χ4n) is 5.20. The average Bonchev–Trinajstić information content (AvgIpc) is 3.54. The predicted octanol–water partition coefficient (Wildman–Crippen LogP) is 5.90. The number of urea groups is 1. The van der Waals surface area contributed by atoms with Crippen molar-refractivity contribution in [2.45, 2.75) is 19.5 Å². The molecule has 39 heavy (non-hydrogen) atoms. The van der Waals surface area contributed by atoms with Crippen molar-refractivity contribution in [3.8, 4) is 11.5 Å². The largest absolute Gasteiger partial charge is 0.465 e. The summed E-state index contributed by atoms with van der Waals surface area (Å²) in [6, 6.07) is 30.1. The molecule has 0 fully saturated rings. The summed E-state index contributed by atoms with van der Waals surface area (Å²) >= 11 is 0. The second-order valence-electron chi connectivity index (χ2n) is 9.35. The molecule has 1 aliphatic rings. The van der Waals surface area contributed by atoms with Crippen LogP contribution in [0.4, 0.5) is 10.5 Å². The molecule has 2 aromatic heterocycles. The molecule has 1 atom stereocenters. The van der Waals surface area contributed by atoms with E-state index in [1.54, 1.807) is 29.2 Å². The molecular formula is C31H27N5O3. The smallest absolute Gasteiger partial charge is 0.339 e. The first-order valence-electron chi connectivity index (χ1n) is 12.7. The first-order valence-corrected chi connectivity index (χ1v) is 12.7. The van der Waals surface area contributed by atoms with Crippen LogP contribution in [0, 0.1) is 6.92 Å². The SMILES string of the molecule is COC(=O)c1ccccc1NC(=O)N1Cc2c(C)nn(-c3ccccc3)c2-n2cccc2[C@H]1c1ccccc1. The van der Waals surface area contributed by atoms with Gasteiger partial charge in [0.25, 0.3) is 0 Å². The lowest BCUT2D eigenvalue weighted by Gasteiger charge is -2.31. The number of hydrogen-bond acceptors (Lipinski definition) is 4. The number of nitrogens with zero attached hydrogens (tertiary/aromatic N) is 4. The van der Waals surface area contributed by atoms with Gasteiger partial charge in [-0.2, -0.15) is 5.10 Å². The molecule has 0 radical (unpaired) electrons. The van der Waals surface area contributed by atoms with E-state index >= 15 is 0 Å². The van der Waals surface area contributed by atoms with E-state index in [1.165, 1.54) is 7.11 Å². The van der Waals surface area contributed by atoms with Crippen LogP contribution in [0.5, 0.6) is 0 Å². The minimum Gasteiger partial charge on any atom is -0.465 e.